The maximum Gasteiger partial charge on any atom is 0.248 e. The van der Waals surface area contributed by atoms with Crippen LogP contribution in [0.25, 0.3) is 0 Å². The van der Waals surface area contributed by atoms with Gasteiger partial charge in [-0.15, -0.1) is 0 Å². The van der Waals surface area contributed by atoms with Gasteiger partial charge in [0, 0.05) is 25.0 Å². The fraction of sp³-hybridized carbons (Fsp3) is 0.545. The number of halogens is 3. The van der Waals surface area contributed by atoms with E-state index in [9.17, 15) is 8.78 Å². The summed E-state index contributed by atoms with van der Waals surface area (Å²) < 4.78 is 25.9. The minimum atomic E-state index is -2.49. The van der Waals surface area contributed by atoms with Crippen LogP contribution in [0.2, 0.25) is 5.02 Å². The standard InChI is InChI=1S/C11H12ClF2N/c12-9-2-1-7-15-10(9)8-3-5-11(13,14)6-4-8/h1-2,7-8H,3-6H2. The normalized spacial score (nSPS) is 21.5. The van der Waals surface area contributed by atoms with Gasteiger partial charge in [0.15, 0.2) is 0 Å². The molecule has 0 N–H and O–H groups in total. The fourth-order valence-electron chi connectivity index (χ4n) is 2.01. The number of hydrogen-bond acceptors (Lipinski definition) is 1. The molecule has 15 heavy (non-hydrogen) atoms. The molecule has 4 heteroatoms. The van der Waals surface area contributed by atoms with Gasteiger partial charge in [-0.3, -0.25) is 4.98 Å². The monoisotopic (exact) mass is 231 g/mol. The second kappa shape index (κ2) is 4.05. The Balaban J connectivity index is 2.11. The van der Waals surface area contributed by atoms with Gasteiger partial charge in [0.25, 0.3) is 0 Å². The molecule has 1 aromatic heterocycles. The molecular weight excluding hydrogens is 220 g/mol. The van der Waals surface area contributed by atoms with Gasteiger partial charge < -0.3 is 0 Å². The van der Waals surface area contributed by atoms with Crippen LogP contribution < -0.4 is 0 Å². The maximum atomic E-state index is 12.9. The highest BCUT2D eigenvalue weighted by atomic mass is 35.5. The van der Waals surface area contributed by atoms with Gasteiger partial charge in [0.1, 0.15) is 0 Å². The van der Waals surface area contributed by atoms with Gasteiger partial charge in [-0.2, -0.15) is 0 Å². The van der Waals surface area contributed by atoms with Crippen molar-refractivity contribution in [1.82, 2.24) is 4.98 Å². The first-order chi connectivity index (χ1) is 7.08. The molecule has 1 aliphatic carbocycles. The Bertz CT molecular complexity index is 344. The Morgan fingerprint density at radius 2 is 2.00 bits per heavy atom. The summed E-state index contributed by atoms with van der Waals surface area (Å²) in [6.07, 6.45) is 2.51. The van der Waals surface area contributed by atoms with Crippen LogP contribution in [0.4, 0.5) is 8.78 Å². The van der Waals surface area contributed by atoms with E-state index in [0.29, 0.717) is 17.9 Å². The van der Waals surface area contributed by atoms with Gasteiger partial charge in [-0.1, -0.05) is 11.6 Å². The number of hydrogen-bond donors (Lipinski definition) is 0. The van der Waals surface area contributed by atoms with Gasteiger partial charge in [-0.25, -0.2) is 8.78 Å². The van der Waals surface area contributed by atoms with E-state index < -0.39 is 5.92 Å². The highest BCUT2D eigenvalue weighted by molar-refractivity contribution is 6.31. The molecule has 0 amide bonds. The molecule has 0 aromatic carbocycles. The second-order valence-corrected chi connectivity index (χ2v) is 4.41. The first-order valence-electron chi connectivity index (χ1n) is 5.07. The van der Waals surface area contributed by atoms with Crippen LogP contribution >= 0.6 is 11.6 Å². The van der Waals surface area contributed by atoms with E-state index in [2.05, 4.69) is 4.98 Å². The molecule has 82 valence electrons. The predicted octanol–water partition coefficient (Wildman–Crippen LogP) is 4.03. The first-order valence-corrected chi connectivity index (χ1v) is 5.44. The third-order valence-corrected chi connectivity index (χ3v) is 3.21. The molecule has 1 aliphatic rings. The number of alkyl halides is 2. The fourth-order valence-corrected chi connectivity index (χ4v) is 2.29. The summed E-state index contributed by atoms with van der Waals surface area (Å²) in [5.74, 6) is -2.39. The Kier molecular flexibility index (Phi) is 2.91. The van der Waals surface area contributed by atoms with Crippen LogP contribution in [0, 0.1) is 0 Å². The minimum absolute atomic E-state index is 0.0510. The zero-order valence-corrected chi connectivity index (χ0v) is 8.97. The third-order valence-electron chi connectivity index (χ3n) is 2.89. The third kappa shape index (κ3) is 2.46. The molecule has 1 nitrogen and oxygen atoms in total. The topological polar surface area (TPSA) is 12.9 Å². The lowest BCUT2D eigenvalue weighted by molar-refractivity contribution is -0.0384. The van der Waals surface area contributed by atoms with Crippen molar-refractivity contribution in [2.45, 2.75) is 37.5 Å². The average molecular weight is 232 g/mol. The van der Waals surface area contributed by atoms with E-state index >= 15 is 0 Å². The van der Waals surface area contributed by atoms with E-state index in [-0.39, 0.29) is 18.8 Å². The molecule has 1 heterocycles. The molecule has 0 aliphatic heterocycles. The summed E-state index contributed by atoms with van der Waals surface area (Å²) in [6.45, 7) is 0. The van der Waals surface area contributed by atoms with Gasteiger partial charge >= 0.3 is 0 Å². The lowest BCUT2D eigenvalue weighted by atomic mass is 9.84. The zero-order chi connectivity index (χ0) is 10.9. The van der Waals surface area contributed by atoms with Crippen molar-refractivity contribution < 1.29 is 8.78 Å². The maximum absolute atomic E-state index is 12.9. The minimum Gasteiger partial charge on any atom is -0.259 e. The Morgan fingerprint density at radius 1 is 1.33 bits per heavy atom. The average Bonchev–Trinajstić information content (AvgIpc) is 2.19. The number of aromatic nitrogens is 1. The predicted molar refractivity (Wildman–Crippen MR) is 55.4 cm³/mol. The molecule has 0 atom stereocenters. The Morgan fingerprint density at radius 3 is 2.60 bits per heavy atom. The SMILES string of the molecule is FC1(F)CCC(c2ncccc2Cl)CC1. The van der Waals surface area contributed by atoms with Crippen molar-refractivity contribution in [3.63, 3.8) is 0 Å². The van der Waals surface area contributed by atoms with E-state index in [1.165, 1.54) is 0 Å². The molecule has 0 saturated heterocycles. The van der Waals surface area contributed by atoms with E-state index in [4.69, 9.17) is 11.6 Å². The Hall–Kier alpha value is -0.700. The van der Waals surface area contributed by atoms with Gasteiger partial charge in [0.05, 0.1) is 10.7 Å². The summed E-state index contributed by atoms with van der Waals surface area (Å²) in [5.41, 5.74) is 0.773. The van der Waals surface area contributed by atoms with Crippen molar-refractivity contribution in [2.75, 3.05) is 0 Å². The van der Waals surface area contributed by atoms with Crippen LogP contribution in [0.5, 0.6) is 0 Å². The smallest absolute Gasteiger partial charge is 0.248 e. The molecule has 1 fully saturated rings. The van der Waals surface area contributed by atoms with E-state index in [0.717, 1.165) is 5.69 Å². The lowest BCUT2D eigenvalue weighted by Gasteiger charge is -2.28. The van der Waals surface area contributed by atoms with Crippen molar-refractivity contribution in [1.29, 1.82) is 0 Å². The second-order valence-electron chi connectivity index (χ2n) is 4.00. The molecule has 1 saturated carbocycles. The van der Waals surface area contributed by atoms with Crippen LogP contribution in [0.3, 0.4) is 0 Å². The van der Waals surface area contributed by atoms with Crippen molar-refractivity contribution in [3.05, 3.63) is 29.0 Å². The van der Waals surface area contributed by atoms with Crippen LogP contribution in [0.1, 0.15) is 37.3 Å². The van der Waals surface area contributed by atoms with Crippen LogP contribution in [-0.2, 0) is 0 Å². The van der Waals surface area contributed by atoms with Gasteiger partial charge in [-0.05, 0) is 25.0 Å². The summed E-state index contributed by atoms with van der Waals surface area (Å²) in [6, 6.07) is 3.51. The summed E-state index contributed by atoms with van der Waals surface area (Å²) >= 11 is 5.98. The quantitative estimate of drug-likeness (QED) is 0.711. The summed E-state index contributed by atoms with van der Waals surface area (Å²) in [4.78, 5) is 4.17. The summed E-state index contributed by atoms with van der Waals surface area (Å²) in [5, 5.41) is 0.590. The highest BCUT2D eigenvalue weighted by Crippen LogP contribution is 2.41. The molecule has 0 spiro atoms. The first kappa shape index (κ1) is 10.8. The number of pyridine rings is 1. The van der Waals surface area contributed by atoms with E-state index in [1.807, 2.05) is 0 Å². The molecule has 1 aromatic rings. The molecular formula is C11H12ClF2N. The molecule has 2 rings (SSSR count). The molecule has 0 unspecified atom stereocenters. The largest absolute Gasteiger partial charge is 0.259 e. The van der Waals surface area contributed by atoms with Gasteiger partial charge in [0.2, 0.25) is 5.92 Å². The van der Waals surface area contributed by atoms with Crippen molar-refractivity contribution in [2.24, 2.45) is 0 Å². The lowest BCUT2D eigenvalue weighted by Crippen LogP contribution is -2.24. The zero-order valence-electron chi connectivity index (χ0n) is 8.22. The van der Waals surface area contributed by atoms with Crippen LogP contribution in [-0.4, -0.2) is 10.9 Å². The molecule has 0 radical (unpaired) electrons. The summed E-state index contributed by atoms with van der Waals surface area (Å²) in [7, 11) is 0. The van der Waals surface area contributed by atoms with Crippen LogP contribution in [0.15, 0.2) is 18.3 Å². The van der Waals surface area contributed by atoms with Crippen molar-refractivity contribution in [3.8, 4) is 0 Å². The number of nitrogens with zero attached hydrogens (tertiary/aromatic N) is 1. The Labute approximate surface area is 92.5 Å². The molecule has 0 bridgehead atoms. The number of rotatable bonds is 1. The van der Waals surface area contributed by atoms with Crippen molar-refractivity contribution >= 4 is 11.6 Å². The van der Waals surface area contributed by atoms with E-state index in [1.54, 1.807) is 18.3 Å². The highest BCUT2D eigenvalue weighted by Gasteiger charge is 2.36.